The third-order valence-corrected chi connectivity index (χ3v) is 3.66. The van der Waals surface area contributed by atoms with Crippen LogP contribution in [0.25, 0.3) is 0 Å². The zero-order chi connectivity index (χ0) is 10.9. The summed E-state index contributed by atoms with van der Waals surface area (Å²) in [6.07, 6.45) is 3.81. The number of rotatable bonds is 4. The molecule has 1 saturated carbocycles. The quantitative estimate of drug-likeness (QED) is 0.851. The van der Waals surface area contributed by atoms with E-state index in [1.165, 1.54) is 19.1 Å². The van der Waals surface area contributed by atoms with E-state index >= 15 is 0 Å². The SMILES string of the molecule is CS(=O)(=O)c1cccc(NCC2CC2)c1. The molecule has 15 heavy (non-hydrogen) atoms. The van der Waals surface area contributed by atoms with Crippen molar-refractivity contribution in [3.8, 4) is 0 Å². The van der Waals surface area contributed by atoms with E-state index in [1.807, 2.05) is 6.07 Å². The van der Waals surface area contributed by atoms with E-state index in [0.29, 0.717) is 4.90 Å². The van der Waals surface area contributed by atoms with Crippen LogP contribution < -0.4 is 5.32 Å². The van der Waals surface area contributed by atoms with Gasteiger partial charge in [0.05, 0.1) is 4.90 Å². The summed E-state index contributed by atoms with van der Waals surface area (Å²) in [5.74, 6) is 0.784. The molecule has 1 aliphatic rings. The van der Waals surface area contributed by atoms with Crippen LogP contribution in [0.3, 0.4) is 0 Å². The summed E-state index contributed by atoms with van der Waals surface area (Å²) in [6.45, 7) is 0.952. The molecule has 0 aliphatic heterocycles. The summed E-state index contributed by atoms with van der Waals surface area (Å²) in [7, 11) is -3.09. The lowest BCUT2D eigenvalue weighted by Gasteiger charge is -2.06. The molecule has 4 heteroatoms. The molecule has 2 rings (SSSR count). The first-order chi connectivity index (χ1) is 7.05. The lowest BCUT2D eigenvalue weighted by atomic mass is 10.3. The molecule has 0 aromatic heterocycles. The summed E-state index contributed by atoms with van der Waals surface area (Å²) in [5.41, 5.74) is 0.893. The van der Waals surface area contributed by atoms with Crippen LogP contribution in [0.4, 0.5) is 5.69 Å². The molecule has 1 fully saturated rings. The Kier molecular flexibility index (Phi) is 2.69. The minimum atomic E-state index is -3.09. The van der Waals surface area contributed by atoms with Gasteiger partial charge in [0.15, 0.2) is 9.84 Å². The van der Waals surface area contributed by atoms with Crippen LogP contribution in [-0.4, -0.2) is 21.2 Å². The predicted molar refractivity (Wildman–Crippen MR) is 60.8 cm³/mol. The van der Waals surface area contributed by atoms with Crippen molar-refractivity contribution in [2.24, 2.45) is 5.92 Å². The Hall–Kier alpha value is -1.03. The van der Waals surface area contributed by atoms with Crippen molar-refractivity contribution in [3.63, 3.8) is 0 Å². The first-order valence-corrected chi connectivity index (χ1v) is 6.99. The van der Waals surface area contributed by atoms with E-state index in [0.717, 1.165) is 18.2 Å². The minimum absolute atomic E-state index is 0.378. The van der Waals surface area contributed by atoms with Gasteiger partial charge in [0.2, 0.25) is 0 Å². The highest BCUT2D eigenvalue weighted by atomic mass is 32.2. The fourth-order valence-corrected chi connectivity index (χ4v) is 2.09. The van der Waals surface area contributed by atoms with Gasteiger partial charge in [-0.2, -0.15) is 0 Å². The highest BCUT2D eigenvalue weighted by Gasteiger charge is 2.20. The fourth-order valence-electron chi connectivity index (χ4n) is 1.42. The maximum atomic E-state index is 11.3. The first-order valence-electron chi connectivity index (χ1n) is 5.10. The van der Waals surface area contributed by atoms with Crippen LogP contribution >= 0.6 is 0 Å². The fraction of sp³-hybridized carbons (Fsp3) is 0.455. The molecular formula is C11H15NO2S. The number of benzene rings is 1. The topological polar surface area (TPSA) is 46.2 Å². The standard InChI is InChI=1S/C11H15NO2S/c1-15(13,14)11-4-2-3-10(7-11)12-8-9-5-6-9/h2-4,7,9,12H,5-6,8H2,1H3. The molecule has 1 N–H and O–H groups in total. The van der Waals surface area contributed by atoms with E-state index < -0.39 is 9.84 Å². The molecular weight excluding hydrogens is 210 g/mol. The molecule has 0 radical (unpaired) electrons. The van der Waals surface area contributed by atoms with Crippen molar-refractivity contribution in [2.75, 3.05) is 18.1 Å². The maximum absolute atomic E-state index is 11.3. The first kappa shape index (κ1) is 10.5. The van der Waals surface area contributed by atoms with Crippen LogP contribution in [0.2, 0.25) is 0 Å². The molecule has 3 nitrogen and oxygen atoms in total. The summed E-state index contributed by atoms with van der Waals surface area (Å²) >= 11 is 0. The number of hydrogen-bond acceptors (Lipinski definition) is 3. The number of hydrogen-bond donors (Lipinski definition) is 1. The Morgan fingerprint density at radius 2 is 2.13 bits per heavy atom. The smallest absolute Gasteiger partial charge is 0.175 e. The normalized spacial score (nSPS) is 16.3. The van der Waals surface area contributed by atoms with Gasteiger partial charge >= 0.3 is 0 Å². The van der Waals surface area contributed by atoms with Gasteiger partial charge in [0.25, 0.3) is 0 Å². The maximum Gasteiger partial charge on any atom is 0.175 e. The van der Waals surface area contributed by atoms with Crippen molar-refractivity contribution >= 4 is 15.5 Å². The van der Waals surface area contributed by atoms with E-state index in [9.17, 15) is 8.42 Å². The van der Waals surface area contributed by atoms with Gasteiger partial charge in [-0.25, -0.2) is 8.42 Å². The van der Waals surface area contributed by atoms with Gasteiger partial charge in [-0.1, -0.05) is 6.07 Å². The third-order valence-electron chi connectivity index (χ3n) is 2.55. The van der Waals surface area contributed by atoms with Crippen molar-refractivity contribution in [3.05, 3.63) is 24.3 Å². The highest BCUT2D eigenvalue weighted by Crippen LogP contribution is 2.29. The van der Waals surface area contributed by atoms with Gasteiger partial charge < -0.3 is 5.32 Å². The second-order valence-corrected chi connectivity index (χ2v) is 6.14. The van der Waals surface area contributed by atoms with E-state index in [2.05, 4.69) is 5.32 Å². The number of anilines is 1. The number of sulfone groups is 1. The Bertz CT molecular complexity index is 449. The van der Waals surface area contributed by atoms with Crippen molar-refractivity contribution < 1.29 is 8.42 Å². The summed E-state index contributed by atoms with van der Waals surface area (Å²) < 4.78 is 22.6. The molecule has 82 valence electrons. The van der Waals surface area contributed by atoms with E-state index in [4.69, 9.17) is 0 Å². The lowest BCUT2D eigenvalue weighted by Crippen LogP contribution is -2.04. The van der Waals surface area contributed by atoms with Crippen LogP contribution in [0.1, 0.15) is 12.8 Å². The summed E-state index contributed by atoms with van der Waals surface area (Å²) in [4.78, 5) is 0.378. The highest BCUT2D eigenvalue weighted by molar-refractivity contribution is 7.90. The Morgan fingerprint density at radius 1 is 1.40 bits per heavy atom. The molecule has 0 bridgehead atoms. The molecule has 0 heterocycles. The average Bonchev–Trinajstić information content (AvgIpc) is 2.97. The van der Waals surface area contributed by atoms with Crippen LogP contribution in [0.15, 0.2) is 29.2 Å². The van der Waals surface area contributed by atoms with Gasteiger partial charge in [-0.3, -0.25) is 0 Å². The Morgan fingerprint density at radius 3 is 2.73 bits per heavy atom. The van der Waals surface area contributed by atoms with Gasteiger partial charge in [-0.15, -0.1) is 0 Å². The molecule has 1 aliphatic carbocycles. The second kappa shape index (κ2) is 3.85. The van der Waals surface area contributed by atoms with Crippen LogP contribution in [0, 0.1) is 5.92 Å². The van der Waals surface area contributed by atoms with Crippen LogP contribution in [-0.2, 0) is 9.84 Å². The number of nitrogens with one attached hydrogen (secondary N) is 1. The monoisotopic (exact) mass is 225 g/mol. The molecule has 1 aromatic carbocycles. The molecule has 0 amide bonds. The molecule has 1 aromatic rings. The van der Waals surface area contributed by atoms with E-state index in [1.54, 1.807) is 18.2 Å². The summed E-state index contributed by atoms with van der Waals surface area (Å²) in [6, 6.07) is 6.98. The van der Waals surface area contributed by atoms with Crippen molar-refractivity contribution in [1.29, 1.82) is 0 Å². The van der Waals surface area contributed by atoms with Crippen molar-refractivity contribution in [2.45, 2.75) is 17.7 Å². The summed E-state index contributed by atoms with van der Waals surface area (Å²) in [5, 5.41) is 3.25. The lowest BCUT2D eigenvalue weighted by molar-refractivity contribution is 0.602. The largest absolute Gasteiger partial charge is 0.385 e. The zero-order valence-electron chi connectivity index (χ0n) is 8.73. The predicted octanol–water partition coefficient (Wildman–Crippen LogP) is 1.91. The zero-order valence-corrected chi connectivity index (χ0v) is 9.55. The third kappa shape index (κ3) is 2.96. The van der Waals surface area contributed by atoms with Gasteiger partial charge in [-0.05, 0) is 37.0 Å². The Labute approximate surface area is 90.4 Å². The van der Waals surface area contributed by atoms with Gasteiger partial charge in [0.1, 0.15) is 0 Å². The second-order valence-electron chi connectivity index (χ2n) is 4.12. The molecule has 0 atom stereocenters. The molecule has 0 spiro atoms. The average molecular weight is 225 g/mol. The minimum Gasteiger partial charge on any atom is -0.385 e. The van der Waals surface area contributed by atoms with Crippen LogP contribution in [0.5, 0.6) is 0 Å². The van der Waals surface area contributed by atoms with Crippen molar-refractivity contribution in [1.82, 2.24) is 0 Å². The Balaban J connectivity index is 2.11. The molecule has 0 unspecified atom stereocenters. The van der Waals surface area contributed by atoms with E-state index in [-0.39, 0.29) is 0 Å². The van der Waals surface area contributed by atoms with Gasteiger partial charge in [0, 0.05) is 18.5 Å². The molecule has 0 saturated heterocycles.